The molecule has 4 rings (SSSR count). The summed E-state index contributed by atoms with van der Waals surface area (Å²) in [7, 11) is 6.44. The maximum Gasteiger partial charge on any atom is 0.263 e. The number of nitrogens with one attached hydrogen (secondary N) is 1. The normalized spacial score (nSPS) is 13.9. The third-order valence-corrected chi connectivity index (χ3v) is 9.22. The van der Waals surface area contributed by atoms with Crippen molar-refractivity contribution in [2.24, 2.45) is 7.05 Å². The minimum atomic E-state index is 0.000909. The molecule has 1 amide bonds. The minimum absolute atomic E-state index is 0.000909. The lowest BCUT2D eigenvalue weighted by atomic mass is 9.97. The molecule has 0 atom stereocenters. The molecule has 0 saturated carbocycles. The lowest BCUT2D eigenvalue weighted by Crippen LogP contribution is -2.40. The molecule has 1 aromatic heterocycles. The summed E-state index contributed by atoms with van der Waals surface area (Å²) in [6.45, 7) is 7.44. The summed E-state index contributed by atoms with van der Waals surface area (Å²) in [4.78, 5) is 19.6. The number of aliphatic hydroxyl groups is 1. The van der Waals surface area contributed by atoms with Crippen LogP contribution < -0.4 is 14.8 Å². The first-order chi connectivity index (χ1) is 21.9. The van der Waals surface area contributed by atoms with Gasteiger partial charge in [0.25, 0.3) is 5.01 Å². The zero-order chi connectivity index (χ0) is 32.0. The first-order valence-corrected chi connectivity index (χ1v) is 17.3. The van der Waals surface area contributed by atoms with Crippen LogP contribution in [-0.2, 0) is 16.6 Å². The highest BCUT2D eigenvalue weighted by Gasteiger charge is 2.27. The lowest BCUT2D eigenvalue weighted by Gasteiger charge is -2.40. The summed E-state index contributed by atoms with van der Waals surface area (Å²) >= 11 is 1.83. The van der Waals surface area contributed by atoms with E-state index in [9.17, 15) is 4.79 Å². The van der Waals surface area contributed by atoms with Crippen LogP contribution in [0.3, 0.4) is 0 Å². The summed E-state index contributed by atoms with van der Waals surface area (Å²) < 4.78 is 8.82. The van der Waals surface area contributed by atoms with Gasteiger partial charge in [-0.2, -0.15) is 4.57 Å². The molecule has 0 saturated heterocycles. The van der Waals surface area contributed by atoms with E-state index < -0.39 is 0 Å². The van der Waals surface area contributed by atoms with Crippen molar-refractivity contribution in [3.05, 3.63) is 71.0 Å². The van der Waals surface area contributed by atoms with Gasteiger partial charge in [-0.1, -0.05) is 55.0 Å². The Bertz CT molecular complexity index is 1430. The van der Waals surface area contributed by atoms with E-state index in [1.807, 2.05) is 11.3 Å². The van der Waals surface area contributed by atoms with E-state index in [0.717, 1.165) is 58.3 Å². The second kappa shape index (κ2) is 18.0. The fourth-order valence-corrected chi connectivity index (χ4v) is 6.91. The van der Waals surface area contributed by atoms with Gasteiger partial charge in [0.1, 0.15) is 17.6 Å². The minimum Gasteiger partial charge on any atom is -0.394 e. The van der Waals surface area contributed by atoms with Gasteiger partial charge in [-0.3, -0.25) is 4.79 Å². The standard InChI is InChI=1S/C36H51N5O3S/c1-5-20-40(22-13-21-38(2)3)35-27-29(28-36-39(4)32-16-10-11-17-33(32)45-36)30-14-8-9-15-31(30)41(35)23-12-6-7-18-34(43)37-19-25-44-26-24-42/h8-11,14-17,27-28,42H,5-7,12-13,18-26H2,1-4H3/p+1. The number of para-hydroxylation sites is 2. The largest absolute Gasteiger partial charge is 0.394 e. The molecular weight excluding hydrogens is 582 g/mol. The smallest absolute Gasteiger partial charge is 0.263 e. The molecule has 2 N–H and O–H groups in total. The highest BCUT2D eigenvalue weighted by Crippen LogP contribution is 2.39. The monoisotopic (exact) mass is 634 g/mol. The number of aryl methyl sites for hydroxylation is 1. The van der Waals surface area contributed by atoms with Crippen LogP contribution in [0.4, 0.5) is 5.69 Å². The highest BCUT2D eigenvalue weighted by molar-refractivity contribution is 7.18. The molecule has 0 aliphatic carbocycles. The number of benzene rings is 2. The predicted octanol–water partition coefficient (Wildman–Crippen LogP) is 5.28. The van der Waals surface area contributed by atoms with Crippen molar-refractivity contribution in [3.63, 3.8) is 0 Å². The lowest BCUT2D eigenvalue weighted by molar-refractivity contribution is -0.642. The van der Waals surface area contributed by atoms with Gasteiger partial charge in [0.15, 0.2) is 0 Å². The molecule has 0 spiro atoms. The Morgan fingerprint density at radius 2 is 1.82 bits per heavy atom. The molecule has 45 heavy (non-hydrogen) atoms. The maximum absolute atomic E-state index is 12.3. The number of unbranched alkanes of at least 4 members (excludes halogenated alkanes) is 2. The van der Waals surface area contributed by atoms with Gasteiger partial charge in [-0.05, 0) is 70.1 Å². The van der Waals surface area contributed by atoms with Crippen molar-refractivity contribution in [2.75, 3.05) is 71.5 Å². The van der Waals surface area contributed by atoms with E-state index in [1.165, 1.54) is 37.9 Å². The molecule has 244 valence electrons. The van der Waals surface area contributed by atoms with Crippen molar-refractivity contribution in [3.8, 4) is 0 Å². The summed E-state index contributed by atoms with van der Waals surface area (Å²) in [6, 6.07) is 17.4. The van der Waals surface area contributed by atoms with Crippen LogP contribution in [0, 0.1) is 0 Å². The van der Waals surface area contributed by atoms with Gasteiger partial charge in [0, 0.05) is 50.3 Å². The average Bonchev–Trinajstić information content (AvgIpc) is 3.35. The van der Waals surface area contributed by atoms with Crippen molar-refractivity contribution in [1.82, 2.24) is 15.1 Å². The van der Waals surface area contributed by atoms with Gasteiger partial charge in [-0.15, -0.1) is 0 Å². The molecule has 3 aromatic rings. The molecule has 0 fully saturated rings. The second-order valence-electron chi connectivity index (χ2n) is 11.9. The van der Waals surface area contributed by atoms with E-state index in [2.05, 4.69) is 113 Å². The van der Waals surface area contributed by atoms with E-state index in [4.69, 9.17) is 9.84 Å². The molecule has 8 nitrogen and oxygen atoms in total. The zero-order valence-corrected chi connectivity index (χ0v) is 28.5. The van der Waals surface area contributed by atoms with E-state index >= 15 is 0 Å². The number of aliphatic hydroxyl groups excluding tert-OH is 1. The van der Waals surface area contributed by atoms with Crippen LogP contribution in [0.1, 0.15) is 56.0 Å². The van der Waals surface area contributed by atoms with Crippen molar-refractivity contribution >= 4 is 44.8 Å². The number of carbonyl (C=O) groups is 1. The molecule has 9 heteroatoms. The first kappa shape index (κ1) is 34.6. The molecular formula is C36H52N5O3S+. The number of anilines is 1. The van der Waals surface area contributed by atoms with Gasteiger partial charge in [-0.25, -0.2) is 0 Å². The summed E-state index contributed by atoms with van der Waals surface area (Å²) in [5.74, 6) is 1.33. The number of ether oxygens (including phenoxy) is 1. The topological polar surface area (TPSA) is 72.2 Å². The average molecular weight is 635 g/mol. The Labute approximate surface area is 273 Å². The number of fused-ring (bicyclic) bond motifs is 2. The SMILES string of the molecule is CCCN(CCCN(C)C)C1=C/C(=C\c2sc3ccccc3[n+]2C)c2ccccc2N1CCCCCC(=O)NCCOCCO. The predicted molar refractivity (Wildman–Crippen MR) is 187 cm³/mol. The summed E-state index contributed by atoms with van der Waals surface area (Å²) in [5.41, 5.74) is 5.00. The van der Waals surface area contributed by atoms with E-state index in [0.29, 0.717) is 26.2 Å². The molecule has 1 aliphatic rings. The van der Waals surface area contributed by atoms with Crippen LogP contribution in [0.5, 0.6) is 0 Å². The maximum atomic E-state index is 12.3. The number of rotatable bonds is 19. The number of allylic oxidation sites excluding steroid dienone is 2. The van der Waals surface area contributed by atoms with Crippen LogP contribution in [-0.4, -0.2) is 87.5 Å². The molecule has 0 bridgehead atoms. The number of hydrogen-bond donors (Lipinski definition) is 2. The van der Waals surface area contributed by atoms with Gasteiger partial charge < -0.3 is 29.9 Å². The molecule has 2 aromatic carbocycles. The Morgan fingerprint density at radius 1 is 1.02 bits per heavy atom. The number of carbonyl (C=O) groups excluding carboxylic acids is 1. The number of hydrogen-bond acceptors (Lipinski definition) is 7. The second-order valence-corrected chi connectivity index (χ2v) is 12.9. The quantitative estimate of drug-likeness (QED) is 0.138. The summed E-state index contributed by atoms with van der Waals surface area (Å²) in [6.07, 6.45) is 10.3. The van der Waals surface area contributed by atoms with E-state index in [1.54, 1.807) is 0 Å². The third kappa shape index (κ3) is 9.87. The number of nitrogens with zero attached hydrogens (tertiary/aromatic N) is 4. The number of amides is 1. The zero-order valence-electron chi connectivity index (χ0n) is 27.6. The summed E-state index contributed by atoms with van der Waals surface area (Å²) in [5, 5.41) is 12.9. The number of thiazole rings is 1. The van der Waals surface area contributed by atoms with Gasteiger partial charge in [0.05, 0.1) is 25.5 Å². The highest BCUT2D eigenvalue weighted by atomic mass is 32.1. The van der Waals surface area contributed by atoms with Crippen molar-refractivity contribution in [1.29, 1.82) is 0 Å². The Morgan fingerprint density at radius 3 is 2.60 bits per heavy atom. The Kier molecular flexibility index (Phi) is 13.9. The fraction of sp³-hybridized carbons (Fsp3) is 0.500. The molecule has 0 radical (unpaired) electrons. The third-order valence-electron chi connectivity index (χ3n) is 8.06. The van der Waals surface area contributed by atoms with Crippen LogP contribution in [0.15, 0.2) is 60.4 Å². The van der Waals surface area contributed by atoms with Crippen molar-refractivity contribution < 1.29 is 19.2 Å². The Hall–Kier alpha value is -3.24. The van der Waals surface area contributed by atoms with Gasteiger partial charge in [0.2, 0.25) is 11.4 Å². The molecule has 1 aliphatic heterocycles. The van der Waals surface area contributed by atoms with Crippen LogP contribution >= 0.6 is 11.3 Å². The van der Waals surface area contributed by atoms with Crippen molar-refractivity contribution in [2.45, 2.75) is 45.4 Å². The molecule has 0 unspecified atom stereocenters. The fourth-order valence-electron chi connectivity index (χ4n) is 5.81. The number of aromatic nitrogens is 1. The molecule has 2 heterocycles. The first-order valence-electron chi connectivity index (χ1n) is 16.5. The Balaban J connectivity index is 1.55. The van der Waals surface area contributed by atoms with Crippen LogP contribution in [0.25, 0.3) is 21.9 Å². The van der Waals surface area contributed by atoms with Gasteiger partial charge >= 0.3 is 0 Å². The van der Waals surface area contributed by atoms with Crippen LogP contribution in [0.2, 0.25) is 0 Å². The van der Waals surface area contributed by atoms with E-state index in [-0.39, 0.29) is 12.5 Å².